The van der Waals surface area contributed by atoms with E-state index in [-0.39, 0.29) is 17.0 Å². The van der Waals surface area contributed by atoms with Crippen LogP contribution in [0.1, 0.15) is 0 Å². The molecule has 4 rings (SSSR count). The zero-order valence-electron chi connectivity index (χ0n) is 14.6. The number of fused-ring (bicyclic) bond motifs is 1. The molecule has 3 aromatic heterocycles. The Labute approximate surface area is 172 Å². The van der Waals surface area contributed by atoms with Crippen LogP contribution in [0, 0.1) is 0 Å². The van der Waals surface area contributed by atoms with Crippen molar-refractivity contribution in [1.29, 1.82) is 0 Å². The SMILES string of the molecule is NC(=O)Cn1c(=O)[nH]c2nc(-c3ncccc3Cl)n(-c3ccc(Cl)cc3)c2c1=O. The van der Waals surface area contributed by atoms with Gasteiger partial charge in [-0.2, -0.15) is 0 Å². The molecule has 29 heavy (non-hydrogen) atoms. The fourth-order valence-electron chi connectivity index (χ4n) is 2.94. The first-order valence-corrected chi connectivity index (χ1v) is 9.03. The number of imidazole rings is 1. The molecular formula is C18H12Cl2N6O3. The van der Waals surface area contributed by atoms with Crippen LogP contribution in [0.2, 0.25) is 10.0 Å². The highest BCUT2D eigenvalue weighted by molar-refractivity contribution is 6.33. The van der Waals surface area contributed by atoms with Crippen LogP contribution in [0.25, 0.3) is 28.4 Å². The number of carbonyl (C=O) groups is 1. The summed E-state index contributed by atoms with van der Waals surface area (Å²) in [7, 11) is 0. The monoisotopic (exact) mass is 430 g/mol. The van der Waals surface area contributed by atoms with Gasteiger partial charge in [0.2, 0.25) is 5.91 Å². The third kappa shape index (κ3) is 3.30. The minimum Gasteiger partial charge on any atom is -0.368 e. The van der Waals surface area contributed by atoms with E-state index in [0.717, 1.165) is 0 Å². The van der Waals surface area contributed by atoms with E-state index in [2.05, 4.69) is 15.0 Å². The molecule has 0 saturated carbocycles. The number of halogens is 2. The average molecular weight is 431 g/mol. The Morgan fingerprint density at radius 3 is 2.52 bits per heavy atom. The van der Waals surface area contributed by atoms with E-state index in [0.29, 0.717) is 26.0 Å². The fourth-order valence-corrected chi connectivity index (χ4v) is 3.28. The van der Waals surface area contributed by atoms with Gasteiger partial charge in [0, 0.05) is 16.9 Å². The van der Waals surface area contributed by atoms with Gasteiger partial charge in [-0.15, -0.1) is 0 Å². The molecule has 0 radical (unpaired) electrons. The van der Waals surface area contributed by atoms with E-state index in [9.17, 15) is 14.4 Å². The van der Waals surface area contributed by atoms with Gasteiger partial charge in [-0.3, -0.25) is 24.1 Å². The quantitative estimate of drug-likeness (QED) is 0.509. The number of amides is 1. The van der Waals surface area contributed by atoms with E-state index < -0.39 is 23.7 Å². The zero-order chi connectivity index (χ0) is 20.7. The number of nitrogens with zero attached hydrogens (tertiary/aromatic N) is 4. The normalized spacial score (nSPS) is 11.1. The second-order valence-corrected chi connectivity index (χ2v) is 6.91. The molecule has 0 aliphatic carbocycles. The number of rotatable bonds is 4. The van der Waals surface area contributed by atoms with Crippen LogP contribution in [-0.2, 0) is 11.3 Å². The van der Waals surface area contributed by atoms with Crippen LogP contribution in [-0.4, -0.2) is 30.0 Å². The van der Waals surface area contributed by atoms with Crippen molar-refractivity contribution in [2.45, 2.75) is 6.54 Å². The number of benzene rings is 1. The van der Waals surface area contributed by atoms with E-state index >= 15 is 0 Å². The van der Waals surface area contributed by atoms with Crippen LogP contribution in [0.4, 0.5) is 0 Å². The lowest BCUT2D eigenvalue weighted by Crippen LogP contribution is -2.39. The van der Waals surface area contributed by atoms with E-state index in [1.165, 1.54) is 10.8 Å². The molecule has 1 amide bonds. The van der Waals surface area contributed by atoms with Crippen LogP contribution in [0.15, 0.2) is 52.2 Å². The van der Waals surface area contributed by atoms with Gasteiger partial charge >= 0.3 is 5.69 Å². The van der Waals surface area contributed by atoms with Gasteiger partial charge in [0.25, 0.3) is 5.56 Å². The predicted octanol–water partition coefficient (Wildman–Crippen LogP) is 1.73. The molecule has 11 heteroatoms. The Kier molecular flexibility index (Phi) is 4.69. The molecule has 0 atom stereocenters. The van der Waals surface area contributed by atoms with Crippen molar-refractivity contribution in [2.24, 2.45) is 5.73 Å². The van der Waals surface area contributed by atoms with E-state index in [4.69, 9.17) is 28.9 Å². The van der Waals surface area contributed by atoms with Crippen molar-refractivity contribution in [3.05, 3.63) is 73.5 Å². The van der Waals surface area contributed by atoms with Crippen molar-refractivity contribution in [1.82, 2.24) is 24.1 Å². The van der Waals surface area contributed by atoms with E-state index in [1.807, 2.05) is 0 Å². The van der Waals surface area contributed by atoms with Crippen LogP contribution >= 0.6 is 23.2 Å². The number of carbonyl (C=O) groups excluding carboxylic acids is 1. The maximum Gasteiger partial charge on any atom is 0.330 e. The lowest BCUT2D eigenvalue weighted by Gasteiger charge is -2.10. The molecule has 0 fully saturated rings. The highest BCUT2D eigenvalue weighted by Crippen LogP contribution is 2.29. The summed E-state index contributed by atoms with van der Waals surface area (Å²) in [5.41, 5.74) is 4.53. The number of aromatic nitrogens is 5. The Balaban J connectivity index is 2.15. The number of nitrogens with one attached hydrogen (secondary N) is 1. The van der Waals surface area contributed by atoms with E-state index in [1.54, 1.807) is 36.4 Å². The van der Waals surface area contributed by atoms with Gasteiger partial charge in [-0.1, -0.05) is 23.2 Å². The molecule has 0 bridgehead atoms. The smallest absolute Gasteiger partial charge is 0.330 e. The van der Waals surface area contributed by atoms with Gasteiger partial charge in [-0.25, -0.2) is 14.3 Å². The molecule has 0 aliphatic heterocycles. The maximum absolute atomic E-state index is 13.1. The first-order valence-electron chi connectivity index (χ1n) is 8.27. The van der Waals surface area contributed by atoms with Gasteiger partial charge in [0.1, 0.15) is 12.2 Å². The van der Waals surface area contributed by atoms with Crippen molar-refractivity contribution < 1.29 is 4.79 Å². The highest BCUT2D eigenvalue weighted by atomic mass is 35.5. The molecule has 3 N–H and O–H groups in total. The van der Waals surface area contributed by atoms with Crippen molar-refractivity contribution in [2.75, 3.05) is 0 Å². The minimum absolute atomic E-state index is 0.0207. The molecule has 0 unspecified atom stereocenters. The van der Waals surface area contributed by atoms with Crippen molar-refractivity contribution >= 4 is 40.3 Å². The third-order valence-electron chi connectivity index (χ3n) is 4.16. The molecule has 146 valence electrons. The summed E-state index contributed by atoms with van der Waals surface area (Å²) >= 11 is 12.3. The van der Waals surface area contributed by atoms with Crippen LogP contribution in [0.3, 0.4) is 0 Å². The number of aromatic amines is 1. The van der Waals surface area contributed by atoms with Gasteiger partial charge in [0.05, 0.1) is 5.02 Å². The Morgan fingerprint density at radius 2 is 1.86 bits per heavy atom. The largest absolute Gasteiger partial charge is 0.368 e. The molecule has 3 heterocycles. The zero-order valence-corrected chi connectivity index (χ0v) is 16.1. The van der Waals surface area contributed by atoms with Crippen LogP contribution in [0.5, 0.6) is 0 Å². The summed E-state index contributed by atoms with van der Waals surface area (Å²) in [6, 6.07) is 9.91. The molecule has 0 aliphatic rings. The Bertz CT molecular complexity index is 1370. The molecule has 1 aromatic carbocycles. The predicted molar refractivity (Wildman–Crippen MR) is 108 cm³/mol. The van der Waals surface area contributed by atoms with Crippen molar-refractivity contribution in [3.63, 3.8) is 0 Å². The van der Waals surface area contributed by atoms with Crippen molar-refractivity contribution in [3.8, 4) is 17.2 Å². The number of H-pyrrole nitrogens is 1. The summed E-state index contributed by atoms with van der Waals surface area (Å²) in [6.45, 7) is -0.574. The molecule has 0 saturated heterocycles. The number of nitrogens with two attached hydrogens (primary N) is 1. The summed E-state index contributed by atoms with van der Waals surface area (Å²) in [6.07, 6.45) is 1.53. The molecule has 4 aromatic rings. The topological polar surface area (TPSA) is 129 Å². The van der Waals surface area contributed by atoms with Crippen LogP contribution < -0.4 is 17.0 Å². The first-order chi connectivity index (χ1) is 13.9. The molecular weight excluding hydrogens is 419 g/mol. The number of primary amides is 1. The standard InChI is InChI=1S/C18H12Cl2N6O3/c19-9-3-5-10(6-4-9)26-14-15(23-16(26)13-11(20)2-1-7-22-13)24-18(29)25(17(14)28)8-12(21)27/h1-7H,8H2,(H2,21,27)(H,24,29). The minimum atomic E-state index is -0.831. The lowest BCUT2D eigenvalue weighted by atomic mass is 10.3. The average Bonchev–Trinajstić information content (AvgIpc) is 3.05. The summed E-state index contributed by atoms with van der Waals surface area (Å²) < 4.78 is 2.21. The Hall–Kier alpha value is -3.43. The summed E-state index contributed by atoms with van der Waals surface area (Å²) in [5, 5.41) is 0.799. The third-order valence-corrected chi connectivity index (χ3v) is 4.72. The summed E-state index contributed by atoms with van der Waals surface area (Å²) in [4.78, 5) is 47.8. The second-order valence-electron chi connectivity index (χ2n) is 6.07. The Morgan fingerprint density at radius 1 is 1.14 bits per heavy atom. The summed E-state index contributed by atoms with van der Waals surface area (Å²) in [5.74, 6) is -0.597. The molecule has 0 spiro atoms. The maximum atomic E-state index is 13.1. The van der Waals surface area contributed by atoms with Gasteiger partial charge in [-0.05, 0) is 36.4 Å². The second kappa shape index (κ2) is 7.19. The number of hydrogen-bond acceptors (Lipinski definition) is 5. The number of hydrogen-bond donors (Lipinski definition) is 2. The first kappa shape index (κ1) is 18.9. The fraction of sp³-hybridized carbons (Fsp3) is 0.0556. The van der Waals surface area contributed by atoms with Gasteiger partial charge in [0.15, 0.2) is 17.0 Å². The molecule has 9 nitrogen and oxygen atoms in total. The lowest BCUT2D eigenvalue weighted by molar-refractivity contribution is -0.118. The number of pyridine rings is 1. The highest BCUT2D eigenvalue weighted by Gasteiger charge is 2.22. The van der Waals surface area contributed by atoms with Gasteiger partial charge < -0.3 is 5.73 Å².